The van der Waals surface area contributed by atoms with Gasteiger partial charge in [-0.15, -0.1) is 0 Å². The largest absolute Gasteiger partial charge is 0.240 e. The van der Waals surface area contributed by atoms with Crippen molar-refractivity contribution in [1.82, 2.24) is 4.72 Å². The second-order valence-electron chi connectivity index (χ2n) is 3.00. The smallest absolute Gasteiger partial charge is 0.211 e. The van der Waals surface area contributed by atoms with Gasteiger partial charge in [0, 0.05) is 16.6 Å². The van der Waals surface area contributed by atoms with Gasteiger partial charge in [-0.2, -0.15) is 0 Å². The van der Waals surface area contributed by atoms with Gasteiger partial charge in [-0.1, -0.05) is 30.1 Å². The Morgan fingerprint density at radius 2 is 1.73 bits per heavy atom. The van der Waals surface area contributed by atoms with Crippen molar-refractivity contribution in [3.8, 4) is 0 Å². The van der Waals surface area contributed by atoms with Crippen molar-refractivity contribution in [1.29, 1.82) is 0 Å². The van der Waals surface area contributed by atoms with Crippen molar-refractivity contribution in [3.63, 3.8) is 0 Å². The van der Waals surface area contributed by atoms with E-state index in [1.165, 1.54) is 18.2 Å². The van der Waals surface area contributed by atoms with Crippen LogP contribution in [-0.4, -0.2) is 15.0 Å². The molecule has 84 valence electrons. The van der Waals surface area contributed by atoms with Crippen molar-refractivity contribution < 1.29 is 8.42 Å². The van der Waals surface area contributed by atoms with Gasteiger partial charge in [0.1, 0.15) is 0 Å². The molecule has 0 aliphatic carbocycles. The summed E-state index contributed by atoms with van der Waals surface area (Å²) >= 11 is 11.4. The Kier molecular flexibility index (Phi) is 4.40. The van der Waals surface area contributed by atoms with Gasteiger partial charge in [-0.3, -0.25) is 0 Å². The van der Waals surface area contributed by atoms with Gasteiger partial charge < -0.3 is 0 Å². The van der Waals surface area contributed by atoms with E-state index < -0.39 is 10.0 Å². The first kappa shape index (κ1) is 12.8. The van der Waals surface area contributed by atoms with Crippen LogP contribution in [0.15, 0.2) is 23.1 Å². The van der Waals surface area contributed by atoms with E-state index in [4.69, 9.17) is 23.2 Å². The van der Waals surface area contributed by atoms with Crippen molar-refractivity contribution in [2.75, 3.05) is 6.54 Å². The van der Waals surface area contributed by atoms with Crippen LogP contribution >= 0.6 is 23.2 Å². The van der Waals surface area contributed by atoms with E-state index in [0.29, 0.717) is 16.6 Å². The zero-order valence-electron chi connectivity index (χ0n) is 8.13. The molecule has 1 N–H and O–H groups in total. The lowest BCUT2D eigenvalue weighted by Gasteiger charge is -2.06. The van der Waals surface area contributed by atoms with Crippen LogP contribution in [0, 0.1) is 0 Å². The molecule has 0 saturated heterocycles. The maximum atomic E-state index is 11.7. The summed E-state index contributed by atoms with van der Waals surface area (Å²) < 4.78 is 25.8. The summed E-state index contributed by atoms with van der Waals surface area (Å²) in [6.07, 6.45) is 0.730. The third-order valence-corrected chi connectivity index (χ3v) is 3.57. The molecule has 0 amide bonds. The predicted molar refractivity (Wildman–Crippen MR) is 61.9 cm³/mol. The average Bonchev–Trinajstić information content (AvgIpc) is 2.13. The summed E-state index contributed by atoms with van der Waals surface area (Å²) in [6, 6.07) is 4.22. The molecule has 6 heteroatoms. The van der Waals surface area contributed by atoms with Gasteiger partial charge in [0.25, 0.3) is 0 Å². The van der Waals surface area contributed by atoms with Gasteiger partial charge in [-0.05, 0) is 24.6 Å². The first-order valence-electron chi connectivity index (χ1n) is 4.41. The molecule has 0 aliphatic heterocycles. The first-order valence-corrected chi connectivity index (χ1v) is 6.65. The van der Waals surface area contributed by atoms with E-state index in [9.17, 15) is 8.42 Å². The first-order chi connectivity index (χ1) is 6.95. The number of hydrogen-bond donors (Lipinski definition) is 1. The van der Waals surface area contributed by atoms with Crippen molar-refractivity contribution in [2.45, 2.75) is 18.2 Å². The molecule has 15 heavy (non-hydrogen) atoms. The third-order valence-electron chi connectivity index (χ3n) is 1.69. The molecule has 0 aromatic heterocycles. The second-order valence-corrected chi connectivity index (χ2v) is 5.64. The molecule has 0 saturated carbocycles. The van der Waals surface area contributed by atoms with E-state index in [0.717, 1.165) is 6.42 Å². The van der Waals surface area contributed by atoms with E-state index in [2.05, 4.69) is 4.72 Å². The molecule has 0 heterocycles. The highest BCUT2D eigenvalue weighted by Crippen LogP contribution is 2.21. The zero-order chi connectivity index (χ0) is 11.5. The van der Waals surface area contributed by atoms with Crippen LogP contribution in [0.1, 0.15) is 13.3 Å². The Balaban J connectivity index is 3.04. The summed E-state index contributed by atoms with van der Waals surface area (Å²) in [4.78, 5) is 0.0912. The summed E-state index contributed by atoms with van der Waals surface area (Å²) in [5.41, 5.74) is 0. The topological polar surface area (TPSA) is 46.2 Å². The standard InChI is InChI=1S/C9H11Cl2NO2S/c1-2-3-12-15(13,14)9-5-7(10)4-8(11)6-9/h4-6,12H,2-3H2,1H3. The zero-order valence-corrected chi connectivity index (χ0v) is 10.5. The van der Waals surface area contributed by atoms with Crippen molar-refractivity contribution in [2.24, 2.45) is 0 Å². The fourth-order valence-corrected chi connectivity index (χ4v) is 2.86. The van der Waals surface area contributed by atoms with Crippen LogP contribution in [0.2, 0.25) is 10.0 Å². The van der Waals surface area contributed by atoms with Crippen LogP contribution in [0.25, 0.3) is 0 Å². The van der Waals surface area contributed by atoms with E-state index in [1.807, 2.05) is 6.92 Å². The molecule has 0 atom stereocenters. The molecule has 0 bridgehead atoms. The molecule has 3 nitrogen and oxygen atoms in total. The average molecular weight is 268 g/mol. The minimum absolute atomic E-state index is 0.0912. The van der Waals surface area contributed by atoms with Crippen LogP contribution in [-0.2, 0) is 10.0 Å². The lowest BCUT2D eigenvalue weighted by molar-refractivity contribution is 0.581. The Morgan fingerprint density at radius 1 is 1.20 bits per heavy atom. The fraction of sp³-hybridized carbons (Fsp3) is 0.333. The van der Waals surface area contributed by atoms with Gasteiger partial charge in [0.15, 0.2) is 0 Å². The van der Waals surface area contributed by atoms with E-state index in [-0.39, 0.29) is 4.90 Å². The molecular formula is C9H11Cl2NO2S. The van der Waals surface area contributed by atoms with E-state index in [1.54, 1.807) is 0 Å². The minimum atomic E-state index is -3.49. The van der Waals surface area contributed by atoms with Crippen molar-refractivity contribution >= 4 is 33.2 Å². The molecular weight excluding hydrogens is 257 g/mol. The molecule has 0 unspecified atom stereocenters. The fourth-order valence-electron chi connectivity index (χ4n) is 1.00. The number of sulfonamides is 1. The summed E-state index contributed by atoms with van der Waals surface area (Å²) in [5.74, 6) is 0. The highest BCUT2D eigenvalue weighted by Gasteiger charge is 2.14. The third kappa shape index (κ3) is 3.65. The monoisotopic (exact) mass is 267 g/mol. The predicted octanol–water partition coefficient (Wildman–Crippen LogP) is 2.68. The van der Waals surface area contributed by atoms with Crippen LogP contribution in [0.3, 0.4) is 0 Å². The number of benzene rings is 1. The molecule has 0 aliphatic rings. The molecule has 0 fully saturated rings. The van der Waals surface area contributed by atoms with Gasteiger partial charge >= 0.3 is 0 Å². The summed E-state index contributed by atoms with van der Waals surface area (Å²) in [5, 5.41) is 0.610. The molecule has 1 rings (SSSR count). The van der Waals surface area contributed by atoms with Gasteiger partial charge in [-0.25, -0.2) is 13.1 Å². The molecule has 0 spiro atoms. The Morgan fingerprint density at radius 3 is 2.20 bits per heavy atom. The number of hydrogen-bond acceptors (Lipinski definition) is 2. The highest BCUT2D eigenvalue weighted by molar-refractivity contribution is 7.89. The second kappa shape index (κ2) is 5.16. The van der Waals surface area contributed by atoms with E-state index >= 15 is 0 Å². The molecule has 1 aromatic rings. The lowest BCUT2D eigenvalue weighted by Crippen LogP contribution is -2.24. The number of halogens is 2. The SMILES string of the molecule is CCCNS(=O)(=O)c1cc(Cl)cc(Cl)c1. The van der Waals surface area contributed by atoms with Crippen LogP contribution in [0.4, 0.5) is 0 Å². The molecule has 1 aromatic carbocycles. The number of rotatable bonds is 4. The maximum Gasteiger partial charge on any atom is 0.240 e. The summed E-state index contributed by atoms with van der Waals surface area (Å²) in [7, 11) is -3.49. The lowest BCUT2D eigenvalue weighted by atomic mass is 10.4. The minimum Gasteiger partial charge on any atom is -0.211 e. The highest BCUT2D eigenvalue weighted by atomic mass is 35.5. The van der Waals surface area contributed by atoms with Gasteiger partial charge in [0.05, 0.1) is 4.90 Å². The Labute approximate surface area is 99.4 Å². The van der Waals surface area contributed by atoms with Crippen LogP contribution in [0.5, 0.6) is 0 Å². The number of nitrogens with one attached hydrogen (secondary N) is 1. The Hall–Kier alpha value is -0.290. The summed E-state index contributed by atoms with van der Waals surface area (Å²) in [6.45, 7) is 2.28. The van der Waals surface area contributed by atoms with Crippen LogP contribution < -0.4 is 4.72 Å². The van der Waals surface area contributed by atoms with Gasteiger partial charge in [0.2, 0.25) is 10.0 Å². The maximum absolute atomic E-state index is 11.7. The Bertz CT molecular complexity index is 425. The quantitative estimate of drug-likeness (QED) is 0.912. The van der Waals surface area contributed by atoms with Crippen molar-refractivity contribution in [3.05, 3.63) is 28.2 Å². The molecule has 0 radical (unpaired) electrons. The normalized spacial score (nSPS) is 11.7.